The molecule has 1 rings (SSSR count). The van der Waals surface area contributed by atoms with Gasteiger partial charge in [0, 0.05) is 16.7 Å². The molecule has 0 spiro atoms. The minimum atomic E-state index is -1.72. The molecule has 0 unspecified atom stereocenters. The zero-order valence-corrected chi connectivity index (χ0v) is 11.7. The van der Waals surface area contributed by atoms with Crippen LogP contribution in [0.25, 0.3) is 5.76 Å². The monoisotopic (exact) mass is 333 g/mol. The first-order valence-electron chi connectivity index (χ1n) is 5.20. The Hall–Kier alpha value is -2.38. The van der Waals surface area contributed by atoms with Crippen molar-refractivity contribution >= 4 is 46.4 Å². The number of aliphatic carboxylic acids is 1. The Morgan fingerprint density at radius 2 is 1.71 bits per heavy atom. The van der Waals surface area contributed by atoms with Crippen LogP contribution in [-0.2, 0) is 9.59 Å². The Balaban J connectivity index is 3.26. The van der Waals surface area contributed by atoms with Gasteiger partial charge in [0.2, 0.25) is 0 Å². The third-order valence-electron chi connectivity index (χ3n) is 2.30. The minimum absolute atomic E-state index is 0.162. The van der Waals surface area contributed by atoms with Crippen LogP contribution in [0, 0.1) is 0 Å². The van der Waals surface area contributed by atoms with E-state index in [0.29, 0.717) is 6.08 Å². The molecule has 21 heavy (non-hydrogen) atoms. The molecule has 9 heteroatoms. The Labute approximate surface area is 128 Å². The fraction of sp³-hybridized carbons (Fsp3) is 0. The number of halogens is 2. The molecule has 0 fully saturated rings. The number of carbonyl (C=O) groups excluding carboxylic acids is 1. The summed E-state index contributed by atoms with van der Waals surface area (Å²) in [6.07, 6.45) is 1.40. The lowest BCUT2D eigenvalue weighted by atomic mass is 10.1. The van der Waals surface area contributed by atoms with Gasteiger partial charge in [-0.1, -0.05) is 23.2 Å². The van der Waals surface area contributed by atoms with Gasteiger partial charge in [-0.25, -0.2) is 4.79 Å². The van der Waals surface area contributed by atoms with E-state index in [1.807, 2.05) is 0 Å². The number of benzene rings is 1. The van der Waals surface area contributed by atoms with Gasteiger partial charge in [0.15, 0.2) is 11.5 Å². The Morgan fingerprint density at radius 1 is 1.14 bits per heavy atom. The number of carboxylic acid groups (broad SMARTS) is 1. The summed E-state index contributed by atoms with van der Waals surface area (Å²) in [5, 5.41) is 36.4. The van der Waals surface area contributed by atoms with Gasteiger partial charge in [-0.2, -0.15) is 0 Å². The van der Waals surface area contributed by atoms with Crippen LogP contribution in [0.1, 0.15) is 5.56 Å². The van der Waals surface area contributed by atoms with E-state index in [2.05, 4.69) is 0 Å². The van der Waals surface area contributed by atoms with Crippen molar-refractivity contribution in [2.75, 3.05) is 5.73 Å². The van der Waals surface area contributed by atoms with E-state index < -0.39 is 29.0 Å². The van der Waals surface area contributed by atoms with Gasteiger partial charge in [-0.15, -0.1) is 0 Å². The van der Waals surface area contributed by atoms with E-state index in [1.165, 1.54) is 0 Å². The number of phenols is 2. The van der Waals surface area contributed by atoms with Crippen LogP contribution < -0.4 is 5.73 Å². The molecule has 1 aromatic rings. The molecule has 7 nitrogen and oxygen atoms in total. The largest absolute Gasteiger partial charge is 0.507 e. The molecule has 1 aromatic carbocycles. The predicted molar refractivity (Wildman–Crippen MR) is 76.4 cm³/mol. The second-order valence-electron chi connectivity index (χ2n) is 3.75. The van der Waals surface area contributed by atoms with Crippen molar-refractivity contribution in [1.29, 1.82) is 0 Å². The molecule has 0 radical (unpaired) electrons. The number of allylic oxidation sites excluding steroid dienone is 2. The maximum atomic E-state index is 10.9. The number of carboxylic acids is 1. The summed E-state index contributed by atoms with van der Waals surface area (Å²) >= 11 is 11.2. The second kappa shape index (κ2) is 6.38. The number of aromatic hydroxyl groups is 2. The second-order valence-corrected chi connectivity index (χ2v) is 4.59. The molecule has 0 aliphatic rings. The van der Waals surface area contributed by atoms with Gasteiger partial charge < -0.3 is 26.2 Å². The van der Waals surface area contributed by atoms with Crippen LogP contribution in [0.15, 0.2) is 23.3 Å². The van der Waals surface area contributed by atoms with Crippen molar-refractivity contribution in [3.8, 4) is 11.5 Å². The van der Waals surface area contributed by atoms with E-state index in [-0.39, 0.29) is 21.3 Å². The SMILES string of the molecule is Nc1c(/C(O)=C/C(Cl)=C/C(=O)C(=O)O)cc(Cl)c(O)c1O. The third-order valence-corrected chi connectivity index (χ3v) is 2.80. The quantitative estimate of drug-likeness (QED) is 0.142. The number of anilines is 1. The number of hydrogen-bond acceptors (Lipinski definition) is 6. The van der Waals surface area contributed by atoms with Crippen LogP contribution in [0.3, 0.4) is 0 Å². The highest BCUT2D eigenvalue weighted by atomic mass is 35.5. The molecule has 0 aromatic heterocycles. The first kappa shape index (κ1) is 16.7. The average Bonchev–Trinajstić information content (AvgIpc) is 2.39. The number of ketones is 1. The minimum Gasteiger partial charge on any atom is -0.507 e. The Morgan fingerprint density at radius 3 is 2.24 bits per heavy atom. The number of aliphatic hydroxyl groups is 1. The number of hydrogen-bond donors (Lipinski definition) is 5. The van der Waals surface area contributed by atoms with E-state index in [9.17, 15) is 24.9 Å². The lowest BCUT2D eigenvalue weighted by molar-refractivity contribution is -0.146. The molecular formula is C12H9Cl2NO6. The smallest absolute Gasteiger partial charge is 0.376 e. The van der Waals surface area contributed by atoms with Crippen LogP contribution in [-0.4, -0.2) is 32.2 Å². The fourth-order valence-electron chi connectivity index (χ4n) is 1.29. The van der Waals surface area contributed by atoms with E-state index in [1.54, 1.807) is 0 Å². The summed E-state index contributed by atoms with van der Waals surface area (Å²) in [7, 11) is 0. The van der Waals surface area contributed by atoms with Crippen LogP contribution in [0.2, 0.25) is 5.02 Å². The van der Waals surface area contributed by atoms with Crippen LogP contribution >= 0.6 is 23.2 Å². The maximum Gasteiger partial charge on any atom is 0.376 e. The highest BCUT2D eigenvalue weighted by Gasteiger charge is 2.16. The number of nitrogen functional groups attached to an aromatic ring is 1. The number of phenolic OH excluding ortho intramolecular Hbond substituents is 2. The van der Waals surface area contributed by atoms with E-state index >= 15 is 0 Å². The van der Waals surface area contributed by atoms with Crippen molar-refractivity contribution in [3.05, 3.63) is 33.8 Å². The molecule has 0 aliphatic heterocycles. The molecule has 112 valence electrons. The molecule has 0 heterocycles. The summed E-state index contributed by atoms with van der Waals surface area (Å²) < 4.78 is 0. The molecule has 6 N–H and O–H groups in total. The van der Waals surface area contributed by atoms with Crippen molar-refractivity contribution < 1.29 is 30.0 Å². The van der Waals surface area contributed by atoms with E-state index in [4.69, 9.17) is 34.0 Å². The lowest BCUT2D eigenvalue weighted by Gasteiger charge is -2.09. The first-order valence-corrected chi connectivity index (χ1v) is 5.96. The number of carbonyl (C=O) groups is 2. The highest BCUT2D eigenvalue weighted by molar-refractivity contribution is 6.42. The van der Waals surface area contributed by atoms with Gasteiger partial charge in [0.1, 0.15) is 5.76 Å². The van der Waals surface area contributed by atoms with Crippen molar-refractivity contribution in [2.45, 2.75) is 0 Å². The summed E-state index contributed by atoms with van der Waals surface area (Å²) in [6, 6.07) is 1.06. The summed E-state index contributed by atoms with van der Waals surface area (Å²) in [4.78, 5) is 21.2. The van der Waals surface area contributed by atoms with Gasteiger partial charge in [0.25, 0.3) is 5.78 Å². The van der Waals surface area contributed by atoms with Gasteiger partial charge in [-0.3, -0.25) is 4.79 Å². The van der Waals surface area contributed by atoms with Crippen molar-refractivity contribution in [1.82, 2.24) is 0 Å². The predicted octanol–water partition coefficient (Wildman–Crippen LogP) is 2.01. The third kappa shape index (κ3) is 3.80. The van der Waals surface area contributed by atoms with E-state index in [0.717, 1.165) is 12.1 Å². The molecular weight excluding hydrogens is 325 g/mol. The maximum absolute atomic E-state index is 10.9. The first-order chi connectivity index (χ1) is 9.65. The molecule has 0 aliphatic carbocycles. The van der Waals surface area contributed by atoms with Gasteiger partial charge in [0.05, 0.1) is 10.7 Å². The molecule has 0 amide bonds. The zero-order valence-electron chi connectivity index (χ0n) is 10.2. The summed E-state index contributed by atoms with van der Waals surface area (Å²) in [5.41, 5.74) is 4.95. The Bertz CT molecular complexity index is 681. The Kier molecular flexibility index (Phi) is 5.07. The number of nitrogens with two attached hydrogens (primary N) is 1. The molecule has 0 bridgehead atoms. The lowest BCUT2D eigenvalue weighted by Crippen LogP contribution is -2.08. The fourth-order valence-corrected chi connectivity index (χ4v) is 1.69. The van der Waals surface area contributed by atoms with Crippen LogP contribution in [0.4, 0.5) is 5.69 Å². The van der Waals surface area contributed by atoms with Crippen LogP contribution in [0.5, 0.6) is 11.5 Å². The van der Waals surface area contributed by atoms with Gasteiger partial charge in [-0.05, 0) is 12.1 Å². The zero-order chi connectivity index (χ0) is 16.3. The standard InChI is InChI=1S/C12H9Cl2NO6/c13-4(2-8(17)12(20)21)1-7(16)5-3-6(14)10(18)11(19)9(5)15/h1-3,16,18-19H,15H2,(H,20,21)/b4-2-,7-1-. The summed E-state index contributed by atoms with van der Waals surface area (Å²) in [5.74, 6) is -4.99. The summed E-state index contributed by atoms with van der Waals surface area (Å²) in [6.45, 7) is 0. The van der Waals surface area contributed by atoms with Gasteiger partial charge >= 0.3 is 5.97 Å². The van der Waals surface area contributed by atoms with Crippen molar-refractivity contribution in [3.63, 3.8) is 0 Å². The average molecular weight is 334 g/mol. The molecule has 0 saturated heterocycles. The topological polar surface area (TPSA) is 141 Å². The number of aliphatic hydroxyl groups excluding tert-OH is 1. The molecule has 0 saturated carbocycles. The molecule has 0 atom stereocenters. The van der Waals surface area contributed by atoms with Crippen molar-refractivity contribution in [2.24, 2.45) is 0 Å². The number of rotatable bonds is 4. The highest BCUT2D eigenvalue weighted by Crippen LogP contribution is 2.42. The normalized spacial score (nSPS) is 12.3.